The molecule has 72 valence electrons. The van der Waals surface area contributed by atoms with Crippen LogP contribution in [0.5, 0.6) is 5.75 Å². The summed E-state index contributed by atoms with van der Waals surface area (Å²) in [6, 6.07) is 5.91. The fourth-order valence-electron chi connectivity index (χ4n) is 1.32. The largest absolute Gasteiger partial charge is 0.491 e. The Hall–Kier alpha value is -1.64. The predicted octanol–water partition coefficient (Wildman–Crippen LogP) is 2.42. The van der Waals surface area contributed by atoms with Gasteiger partial charge in [0.15, 0.2) is 0 Å². The van der Waals surface area contributed by atoms with Crippen LogP contribution in [0, 0.1) is 0 Å². The Morgan fingerprint density at radius 1 is 1.07 bits per heavy atom. The monoisotopic (exact) mass is 188 g/mol. The molecule has 0 saturated heterocycles. The Kier molecular flexibility index (Phi) is 2.31. The number of hydrogen-bond donors (Lipinski definition) is 0. The van der Waals surface area contributed by atoms with E-state index < -0.39 is 0 Å². The van der Waals surface area contributed by atoms with Gasteiger partial charge in [-0.05, 0) is 32.0 Å². The van der Waals surface area contributed by atoms with E-state index in [9.17, 15) is 0 Å². The van der Waals surface area contributed by atoms with Gasteiger partial charge in [-0.3, -0.25) is 0 Å². The molecule has 0 bridgehead atoms. The molecule has 1 aromatic carbocycles. The lowest BCUT2D eigenvalue weighted by atomic mass is 10.2. The van der Waals surface area contributed by atoms with Crippen molar-refractivity contribution in [2.75, 3.05) is 0 Å². The lowest BCUT2D eigenvalue weighted by molar-refractivity contribution is 0.243. The highest BCUT2D eigenvalue weighted by molar-refractivity contribution is 5.81. The Morgan fingerprint density at radius 2 is 1.79 bits per heavy atom. The summed E-state index contributed by atoms with van der Waals surface area (Å²) in [5.41, 5.74) is 0. The van der Waals surface area contributed by atoms with Gasteiger partial charge in [0.25, 0.3) is 0 Å². The molecule has 0 radical (unpaired) electrons. The van der Waals surface area contributed by atoms with Crippen LogP contribution in [0.25, 0.3) is 10.8 Å². The maximum absolute atomic E-state index is 5.57. The smallest absolute Gasteiger partial charge is 0.120 e. The van der Waals surface area contributed by atoms with Gasteiger partial charge in [-0.1, -0.05) is 0 Å². The molecule has 0 N–H and O–H groups in total. The first-order chi connectivity index (χ1) is 6.75. The van der Waals surface area contributed by atoms with Gasteiger partial charge in [-0.15, -0.1) is 0 Å². The minimum atomic E-state index is 0.197. The van der Waals surface area contributed by atoms with Crippen molar-refractivity contribution >= 4 is 10.8 Å². The van der Waals surface area contributed by atoms with E-state index >= 15 is 0 Å². The van der Waals surface area contributed by atoms with Crippen LogP contribution in [0.15, 0.2) is 30.6 Å². The number of aromatic nitrogens is 2. The van der Waals surface area contributed by atoms with Crippen molar-refractivity contribution in [1.29, 1.82) is 0 Å². The molecule has 2 rings (SSSR count). The predicted molar refractivity (Wildman–Crippen MR) is 55.3 cm³/mol. The molecule has 2 aromatic rings. The number of ether oxygens (including phenoxy) is 1. The summed E-state index contributed by atoms with van der Waals surface area (Å²) >= 11 is 0. The van der Waals surface area contributed by atoms with E-state index in [1.165, 1.54) is 0 Å². The molecule has 0 aliphatic carbocycles. The second-order valence-corrected chi connectivity index (χ2v) is 3.45. The molecule has 1 heterocycles. The zero-order valence-electron chi connectivity index (χ0n) is 8.27. The Morgan fingerprint density at radius 3 is 2.50 bits per heavy atom. The van der Waals surface area contributed by atoms with E-state index in [0.717, 1.165) is 16.5 Å². The van der Waals surface area contributed by atoms with Gasteiger partial charge in [0.1, 0.15) is 5.75 Å². The lowest BCUT2D eigenvalue weighted by Crippen LogP contribution is -2.05. The summed E-state index contributed by atoms with van der Waals surface area (Å²) < 4.78 is 5.57. The zero-order valence-corrected chi connectivity index (χ0v) is 8.27. The van der Waals surface area contributed by atoms with Gasteiger partial charge in [0.05, 0.1) is 18.5 Å². The molecule has 0 aliphatic heterocycles. The number of hydrogen-bond acceptors (Lipinski definition) is 3. The third kappa shape index (κ3) is 1.82. The first-order valence-corrected chi connectivity index (χ1v) is 4.63. The van der Waals surface area contributed by atoms with E-state index in [-0.39, 0.29) is 6.10 Å². The third-order valence-electron chi connectivity index (χ3n) is 1.89. The van der Waals surface area contributed by atoms with Crippen LogP contribution < -0.4 is 4.74 Å². The van der Waals surface area contributed by atoms with Crippen LogP contribution in [-0.2, 0) is 0 Å². The Labute approximate surface area is 82.7 Å². The molecule has 0 unspecified atom stereocenters. The Balaban J connectivity index is 2.41. The molecule has 0 aliphatic rings. The molecule has 0 amide bonds. The van der Waals surface area contributed by atoms with E-state index in [4.69, 9.17) is 4.74 Å². The van der Waals surface area contributed by atoms with E-state index in [0.29, 0.717) is 0 Å². The van der Waals surface area contributed by atoms with Crippen LogP contribution in [0.2, 0.25) is 0 Å². The minimum Gasteiger partial charge on any atom is -0.491 e. The molecule has 0 saturated carbocycles. The molecular weight excluding hydrogens is 176 g/mol. The van der Waals surface area contributed by atoms with Gasteiger partial charge >= 0.3 is 0 Å². The van der Waals surface area contributed by atoms with Crippen molar-refractivity contribution in [3.8, 4) is 5.75 Å². The Bertz CT molecular complexity index is 440. The van der Waals surface area contributed by atoms with Crippen LogP contribution >= 0.6 is 0 Å². The number of rotatable bonds is 2. The summed E-state index contributed by atoms with van der Waals surface area (Å²) in [6.07, 6.45) is 3.68. The number of fused-ring (bicyclic) bond motifs is 1. The number of nitrogens with zero attached hydrogens (tertiary/aromatic N) is 2. The van der Waals surface area contributed by atoms with Crippen molar-refractivity contribution in [3.05, 3.63) is 30.6 Å². The maximum atomic E-state index is 5.57. The standard InChI is InChI=1S/C11H12N2O/c1-8(2)14-11-4-3-9-6-12-13-7-10(9)5-11/h3-8H,1-2H3. The lowest BCUT2D eigenvalue weighted by Gasteiger charge is -2.09. The van der Waals surface area contributed by atoms with Crippen molar-refractivity contribution in [1.82, 2.24) is 10.2 Å². The van der Waals surface area contributed by atoms with Crippen molar-refractivity contribution in [2.45, 2.75) is 20.0 Å². The van der Waals surface area contributed by atoms with Crippen molar-refractivity contribution in [2.24, 2.45) is 0 Å². The van der Waals surface area contributed by atoms with Crippen LogP contribution in [0.4, 0.5) is 0 Å². The second kappa shape index (κ2) is 3.62. The number of benzene rings is 1. The molecule has 1 aromatic heterocycles. The second-order valence-electron chi connectivity index (χ2n) is 3.45. The molecule has 14 heavy (non-hydrogen) atoms. The molecule has 0 atom stereocenters. The third-order valence-corrected chi connectivity index (χ3v) is 1.89. The summed E-state index contributed by atoms with van der Waals surface area (Å²) in [5, 5.41) is 9.77. The fraction of sp³-hybridized carbons (Fsp3) is 0.273. The van der Waals surface area contributed by atoms with E-state index in [1.807, 2.05) is 32.0 Å². The van der Waals surface area contributed by atoms with Gasteiger partial charge in [-0.2, -0.15) is 10.2 Å². The highest BCUT2D eigenvalue weighted by Gasteiger charge is 1.99. The van der Waals surface area contributed by atoms with Crippen LogP contribution in [-0.4, -0.2) is 16.3 Å². The first-order valence-electron chi connectivity index (χ1n) is 4.63. The average Bonchev–Trinajstić information content (AvgIpc) is 2.17. The van der Waals surface area contributed by atoms with Gasteiger partial charge < -0.3 is 4.74 Å². The van der Waals surface area contributed by atoms with Crippen molar-refractivity contribution < 1.29 is 4.74 Å². The average molecular weight is 188 g/mol. The molecule has 3 heteroatoms. The van der Waals surface area contributed by atoms with Gasteiger partial charge in [-0.25, -0.2) is 0 Å². The van der Waals surface area contributed by atoms with E-state index in [1.54, 1.807) is 12.4 Å². The molecular formula is C11H12N2O. The van der Waals surface area contributed by atoms with Crippen LogP contribution in [0.1, 0.15) is 13.8 Å². The fourth-order valence-corrected chi connectivity index (χ4v) is 1.32. The SMILES string of the molecule is CC(C)Oc1ccc2cnncc2c1. The quantitative estimate of drug-likeness (QED) is 0.726. The summed E-state index contributed by atoms with van der Waals surface area (Å²) in [7, 11) is 0. The highest BCUT2D eigenvalue weighted by atomic mass is 16.5. The normalized spacial score (nSPS) is 10.8. The summed E-state index contributed by atoms with van der Waals surface area (Å²) in [5.74, 6) is 0.875. The molecule has 3 nitrogen and oxygen atoms in total. The van der Waals surface area contributed by atoms with E-state index in [2.05, 4.69) is 10.2 Å². The first kappa shape index (κ1) is 8.94. The minimum absolute atomic E-state index is 0.197. The van der Waals surface area contributed by atoms with Crippen molar-refractivity contribution in [3.63, 3.8) is 0 Å². The maximum Gasteiger partial charge on any atom is 0.120 e. The van der Waals surface area contributed by atoms with Gasteiger partial charge in [0.2, 0.25) is 0 Å². The highest BCUT2D eigenvalue weighted by Crippen LogP contribution is 2.19. The zero-order chi connectivity index (χ0) is 9.97. The summed E-state index contributed by atoms with van der Waals surface area (Å²) in [4.78, 5) is 0. The van der Waals surface area contributed by atoms with Crippen LogP contribution in [0.3, 0.4) is 0 Å². The summed E-state index contributed by atoms with van der Waals surface area (Å²) in [6.45, 7) is 4.02. The van der Waals surface area contributed by atoms with Gasteiger partial charge in [0, 0.05) is 10.8 Å². The molecule has 0 spiro atoms. The topological polar surface area (TPSA) is 35.0 Å². The molecule has 0 fully saturated rings.